The van der Waals surface area contributed by atoms with Crippen LogP contribution < -0.4 is 11.1 Å². The van der Waals surface area contributed by atoms with Crippen LogP contribution in [0.15, 0.2) is 0 Å². The van der Waals surface area contributed by atoms with Gasteiger partial charge in [-0.1, -0.05) is 33.6 Å². The van der Waals surface area contributed by atoms with Crippen LogP contribution in [0.1, 0.15) is 59.3 Å². The number of methoxy groups -OCH3 is 1. The van der Waals surface area contributed by atoms with Crippen LogP contribution in [0.2, 0.25) is 0 Å². The number of carbonyl (C=O) groups is 3. The number of likely N-dealkylation sites (tertiary alicyclic amines) is 1. The fourth-order valence-electron chi connectivity index (χ4n) is 2.72. The highest BCUT2D eigenvalue weighted by Gasteiger charge is 2.32. The number of carbonyl (C=O) groups excluding carboxylic acids is 3. The van der Waals surface area contributed by atoms with Gasteiger partial charge in [0.1, 0.15) is 6.04 Å². The number of ether oxygens (including phenoxy) is 1. The summed E-state index contributed by atoms with van der Waals surface area (Å²) in [6.07, 6.45) is 7.76. The van der Waals surface area contributed by atoms with Gasteiger partial charge in [-0.2, -0.15) is 0 Å². The molecule has 1 saturated heterocycles. The maximum absolute atomic E-state index is 11.4. The summed E-state index contributed by atoms with van der Waals surface area (Å²) in [5.41, 5.74) is 5.13. The molecule has 1 heterocycles. The summed E-state index contributed by atoms with van der Waals surface area (Å²) >= 11 is 0. The molecule has 25 heavy (non-hydrogen) atoms. The van der Waals surface area contributed by atoms with Crippen LogP contribution in [-0.4, -0.2) is 55.5 Å². The highest BCUT2D eigenvalue weighted by atomic mass is 16.5. The molecule has 7 nitrogen and oxygen atoms in total. The molecule has 7 heteroatoms. The molecule has 1 saturated carbocycles. The van der Waals surface area contributed by atoms with Gasteiger partial charge in [0.05, 0.1) is 12.6 Å². The number of nitrogens with two attached hydrogens (primary N) is 1. The lowest BCUT2D eigenvalue weighted by Gasteiger charge is -2.21. The van der Waals surface area contributed by atoms with E-state index in [4.69, 9.17) is 10.5 Å². The van der Waals surface area contributed by atoms with Crippen LogP contribution in [0.25, 0.3) is 0 Å². The largest absolute Gasteiger partial charge is 0.381 e. The Morgan fingerprint density at radius 3 is 2.16 bits per heavy atom. The normalized spacial score (nSPS) is 19.6. The molecule has 3 amide bonds. The van der Waals surface area contributed by atoms with Crippen molar-refractivity contribution < 1.29 is 19.1 Å². The summed E-state index contributed by atoms with van der Waals surface area (Å²) in [4.78, 5) is 33.7. The molecule has 0 aromatic rings. The fourth-order valence-corrected chi connectivity index (χ4v) is 2.72. The molecular formula is C18H35N3O4. The standard InChI is InChI=1S/C8H13N3O3.C6H12O.C4H10/c9-8(14)6-2-1-3-11(6)7(13)4-10-5-12;1-7-6-4-2-3-5-6;1-4(2)3/h5-6H,1-4H2,(H2,9,14)(H,10,12);6H,2-5H2,1H3;4H,1-3H3. The summed E-state index contributed by atoms with van der Waals surface area (Å²) in [7, 11) is 1.80. The van der Waals surface area contributed by atoms with Crippen molar-refractivity contribution in [2.24, 2.45) is 11.7 Å². The first kappa shape index (κ1) is 23.4. The third-order valence-corrected chi connectivity index (χ3v) is 3.87. The quantitative estimate of drug-likeness (QED) is 0.727. The van der Waals surface area contributed by atoms with Gasteiger partial charge in [-0.3, -0.25) is 14.4 Å². The van der Waals surface area contributed by atoms with Crippen LogP contribution >= 0.6 is 0 Å². The van der Waals surface area contributed by atoms with Crippen molar-refractivity contribution in [2.75, 3.05) is 20.2 Å². The van der Waals surface area contributed by atoms with Gasteiger partial charge >= 0.3 is 0 Å². The van der Waals surface area contributed by atoms with E-state index in [9.17, 15) is 14.4 Å². The van der Waals surface area contributed by atoms with Crippen molar-refractivity contribution in [1.29, 1.82) is 0 Å². The van der Waals surface area contributed by atoms with Crippen molar-refractivity contribution in [3.8, 4) is 0 Å². The summed E-state index contributed by atoms with van der Waals surface area (Å²) in [6.45, 7) is 6.96. The van der Waals surface area contributed by atoms with E-state index in [-0.39, 0.29) is 12.5 Å². The van der Waals surface area contributed by atoms with Crippen molar-refractivity contribution in [2.45, 2.75) is 71.4 Å². The van der Waals surface area contributed by atoms with Gasteiger partial charge < -0.3 is 20.7 Å². The second-order valence-electron chi connectivity index (χ2n) is 7.02. The molecule has 0 aromatic heterocycles. The molecule has 146 valence electrons. The molecule has 2 fully saturated rings. The minimum Gasteiger partial charge on any atom is -0.381 e. The molecule has 0 aromatic carbocycles. The topological polar surface area (TPSA) is 102 Å². The van der Waals surface area contributed by atoms with E-state index in [2.05, 4.69) is 26.1 Å². The summed E-state index contributed by atoms with van der Waals surface area (Å²) < 4.78 is 5.11. The molecule has 1 aliphatic carbocycles. The Morgan fingerprint density at radius 2 is 1.76 bits per heavy atom. The fraction of sp³-hybridized carbons (Fsp3) is 0.833. The van der Waals surface area contributed by atoms with Crippen LogP contribution in [0.5, 0.6) is 0 Å². The van der Waals surface area contributed by atoms with Gasteiger partial charge in [0, 0.05) is 13.7 Å². The van der Waals surface area contributed by atoms with E-state index in [0.717, 1.165) is 12.3 Å². The van der Waals surface area contributed by atoms with E-state index in [1.54, 1.807) is 7.11 Å². The highest BCUT2D eigenvalue weighted by molar-refractivity contribution is 5.88. The lowest BCUT2D eigenvalue weighted by atomic mass is 10.2. The SMILES string of the molecule is CC(C)C.COC1CCCC1.NC(=O)C1CCCN1C(=O)CNC=O. The Morgan fingerprint density at radius 1 is 1.20 bits per heavy atom. The van der Waals surface area contributed by atoms with Crippen LogP contribution in [0.4, 0.5) is 0 Å². The van der Waals surface area contributed by atoms with Gasteiger partial charge in [-0.05, 0) is 31.6 Å². The molecule has 1 aliphatic heterocycles. The van der Waals surface area contributed by atoms with Gasteiger partial charge in [0.25, 0.3) is 0 Å². The summed E-state index contributed by atoms with van der Waals surface area (Å²) in [5.74, 6) is 0.0837. The summed E-state index contributed by atoms with van der Waals surface area (Å²) in [6, 6.07) is -0.504. The smallest absolute Gasteiger partial charge is 0.242 e. The first-order valence-electron chi connectivity index (χ1n) is 9.12. The van der Waals surface area contributed by atoms with Crippen LogP contribution in [0.3, 0.4) is 0 Å². The molecule has 0 spiro atoms. The van der Waals surface area contributed by atoms with E-state index < -0.39 is 11.9 Å². The Labute approximate surface area is 151 Å². The Balaban J connectivity index is 0.000000433. The van der Waals surface area contributed by atoms with Gasteiger partial charge in [0.15, 0.2) is 0 Å². The second kappa shape index (κ2) is 13.6. The average molecular weight is 357 g/mol. The van der Waals surface area contributed by atoms with Crippen LogP contribution in [0, 0.1) is 5.92 Å². The third-order valence-electron chi connectivity index (χ3n) is 3.87. The first-order valence-corrected chi connectivity index (χ1v) is 9.12. The number of hydrogen-bond acceptors (Lipinski definition) is 4. The maximum Gasteiger partial charge on any atom is 0.242 e. The van der Waals surface area contributed by atoms with E-state index in [0.29, 0.717) is 25.5 Å². The number of rotatable bonds is 5. The Bertz CT molecular complexity index is 393. The maximum atomic E-state index is 11.4. The minimum atomic E-state index is -0.504. The van der Waals surface area contributed by atoms with Gasteiger partial charge in [-0.25, -0.2) is 0 Å². The second-order valence-corrected chi connectivity index (χ2v) is 7.02. The van der Waals surface area contributed by atoms with Crippen molar-refractivity contribution >= 4 is 18.2 Å². The minimum absolute atomic E-state index is 0.0761. The molecule has 3 N–H and O–H groups in total. The monoisotopic (exact) mass is 357 g/mol. The molecule has 1 atom stereocenters. The predicted molar refractivity (Wildman–Crippen MR) is 97.8 cm³/mol. The number of amides is 3. The summed E-state index contributed by atoms with van der Waals surface area (Å²) in [5, 5.41) is 2.26. The third kappa shape index (κ3) is 10.8. The number of hydrogen-bond donors (Lipinski definition) is 2. The van der Waals surface area contributed by atoms with E-state index in [1.165, 1.54) is 30.6 Å². The van der Waals surface area contributed by atoms with Crippen molar-refractivity contribution in [3.05, 3.63) is 0 Å². The molecule has 1 unspecified atom stereocenters. The number of nitrogens with zero attached hydrogens (tertiary/aromatic N) is 1. The molecule has 0 bridgehead atoms. The van der Waals surface area contributed by atoms with E-state index >= 15 is 0 Å². The average Bonchev–Trinajstić information content (AvgIpc) is 3.23. The van der Waals surface area contributed by atoms with Crippen LogP contribution in [-0.2, 0) is 19.1 Å². The Hall–Kier alpha value is -1.63. The number of nitrogens with one attached hydrogen (secondary N) is 1. The lowest BCUT2D eigenvalue weighted by Crippen LogP contribution is -2.46. The zero-order valence-electron chi connectivity index (χ0n) is 16.1. The van der Waals surface area contributed by atoms with Gasteiger partial charge in [-0.15, -0.1) is 0 Å². The first-order chi connectivity index (χ1) is 11.8. The zero-order chi connectivity index (χ0) is 19.2. The molecule has 0 radical (unpaired) electrons. The molecule has 2 aliphatic rings. The van der Waals surface area contributed by atoms with E-state index in [1.807, 2.05) is 0 Å². The lowest BCUT2D eigenvalue weighted by molar-refractivity contribution is -0.137. The zero-order valence-corrected chi connectivity index (χ0v) is 16.1. The molecular weight excluding hydrogens is 322 g/mol. The van der Waals surface area contributed by atoms with Crippen molar-refractivity contribution in [3.63, 3.8) is 0 Å². The van der Waals surface area contributed by atoms with Crippen molar-refractivity contribution in [1.82, 2.24) is 10.2 Å². The highest BCUT2D eigenvalue weighted by Crippen LogP contribution is 2.19. The van der Waals surface area contributed by atoms with Gasteiger partial charge in [0.2, 0.25) is 18.2 Å². The molecule has 2 rings (SSSR count). The predicted octanol–water partition coefficient (Wildman–Crippen LogP) is 1.45. The Kier molecular flexibility index (Phi) is 12.7. The number of primary amides is 1.